The minimum Gasteiger partial charge on any atom is -0.494 e. The van der Waals surface area contributed by atoms with E-state index < -0.39 is 15.8 Å². The topological polar surface area (TPSA) is 72.6 Å². The van der Waals surface area contributed by atoms with E-state index in [1.165, 1.54) is 30.5 Å². The Morgan fingerprint density at radius 2 is 1.80 bits per heavy atom. The van der Waals surface area contributed by atoms with E-state index in [9.17, 15) is 12.8 Å². The van der Waals surface area contributed by atoms with Gasteiger partial charge in [-0.15, -0.1) is 0 Å². The van der Waals surface area contributed by atoms with Gasteiger partial charge in [-0.3, -0.25) is 0 Å². The molecule has 0 saturated carbocycles. The van der Waals surface area contributed by atoms with Crippen molar-refractivity contribution in [2.24, 2.45) is 5.73 Å². The lowest BCUT2D eigenvalue weighted by Crippen LogP contribution is -2.37. The summed E-state index contributed by atoms with van der Waals surface area (Å²) >= 11 is 0. The summed E-state index contributed by atoms with van der Waals surface area (Å²) in [5.41, 5.74) is 6.65. The van der Waals surface area contributed by atoms with Crippen LogP contribution >= 0.6 is 0 Å². The first kappa shape index (κ1) is 19.4. The van der Waals surface area contributed by atoms with Gasteiger partial charge in [-0.25, -0.2) is 12.8 Å². The van der Waals surface area contributed by atoms with Gasteiger partial charge in [-0.1, -0.05) is 30.3 Å². The van der Waals surface area contributed by atoms with Crippen molar-refractivity contribution in [1.29, 1.82) is 0 Å². The van der Waals surface area contributed by atoms with Crippen LogP contribution in [0.2, 0.25) is 0 Å². The van der Waals surface area contributed by atoms with E-state index in [4.69, 9.17) is 10.5 Å². The molecule has 0 bridgehead atoms. The van der Waals surface area contributed by atoms with Crippen molar-refractivity contribution < 1.29 is 17.5 Å². The molecule has 0 aliphatic rings. The summed E-state index contributed by atoms with van der Waals surface area (Å²) < 4.78 is 46.4. The van der Waals surface area contributed by atoms with Gasteiger partial charge in [0.05, 0.1) is 12.0 Å². The van der Waals surface area contributed by atoms with Crippen LogP contribution in [0.5, 0.6) is 5.75 Å². The molecule has 0 atom stereocenters. The number of methoxy groups -OCH3 is 1. The molecule has 0 saturated heterocycles. The van der Waals surface area contributed by atoms with E-state index in [2.05, 4.69) is 0 Å². The zero-order chi connectivity index (χ0) is 18.4. The molecule has 0 radical (unpaired) electrons. The largest absolute Gasteiger partial charge is 0.494 e. The molecular formula is C18H23FN2O3S. The molecule has 0 aliphatic heterocycles. The third-order valence-corrected chi connectivity index (χ3v) is 6.05. The van der Waals surface area contributed by atoms with Gasteiger partial charge >= 0.3 is 0 Å². The number of hydrogen-bond acceptors (Lipinski definition) is 4. The minimum atomic E-state index is -3.85. The van der Waals surface area contributed by atoms with Crippen LogP contribution in [0, 0.1) is 12.7 Å². The monoisotopic (exact) mass is 366 g/mol. The third-order valence-electron chi connectivity index (χ3n) is 4.01. The van der Waals surface area contributed by atoms with Crippen LogP contribution in [0.25, 0.3) is 0 Å². The van der Waals surface area contributed by atoms with Crippen LogP contribution in [0.4, 0.5) is 4.39 Å². The summed E-state index contributed by atoms with van der Waals surface area (Å²) in [4.78, 5) is -0.0627. The predicted octanol–water partition coefficient (Wildman–Crippen LogP) is 2.33. The zero-order valence-electron chi connectivity index (χ0n) is 14.4. The number of ether oxygens (including phenoxy) is 1. The Morgan fingerprint density at radius 1 is 1.12 bits per heavy atom. The summed E-state index contributed by atoms with van der Waals surface area (Å²) in [6, 6.07) is 12.3. The number of halogens is 1. The third kappa shape index (κ3) is 4.36. The maximum Gasteiger partial charge on any atom is 0.243 e. The molecule has 0 aromatic heterocycles. The van der Waals surface area contributed by atoms with Gasteiger partial charge in [0.25, 0.3) is 0 Å². The molecule has 2 aromatic rings. The van der Waals surface area contributed by atoms with Crippen LogP contribution in [0.15, 0.2) is 47.4 Å². The highest BCUT2D eigenvalue weighted by Crippen LogP contribution is 2.28. The van der Waals surface area contributed by atoms with Crippen molar-refractivity contribution in [1.82, 2.24) is 4.31 Å². The Morgan fingerprint density at radius 3 is 2.40 bits per heavy atom. The lowest BCUT2D eigenvalue weighted by molar-refractivity contribution is 0.383. The number of benzene rings is 2. The molecular weight excluding hydrogens is 343 g/mol. The second kappa shape index (κ2) is 8.42. The minimum absolute atomic E-state index is 0.0195. The quantitative estimate of drug-likeness (QED) is 0.778. The number of rotatable bonds is 8. The first-order chi connectivity index (χ1) is 11.9. The molecule has 0 spiro atoms. The summed E-state index contributed by atoms with van der Waals surface area (Å²) in [5.74, 6) is -0.648. The predicted molar refractivity (Wildman–Crippen MR) is 95.6 cm³/mol. The maximum atomic E-state index is 14.3. The van der Waals surface area contributed by atoms with Crippen molar-refractivity contribution >= 4 is 10.0 Å². The van der Waals surface area contributed by atoms with E-state index in [1.54, 1.807) is 0 Å². The highest BCUT2D eigenvalue weighted by molar-refractivity contribution is 7.89. The van der Waals surface area contributed by atoms with Crippen molar-refractivity contribution in [3.63, 3.8) is 0 Å². The Kier molecular flexibility index (Phi) is 6.52. The van der Waals surface area contributed by atoms with E-state index in [1.807, 2.05) is 30.3 Å². The molecule has 2 aromatic carbocycles. The van der Waals surface area contributed by atoms with Gasteiger partial charge in [-0.05, 0) is 31.0 Å². The summed E-state index contributed by atoms with van der Waals surface area (Å²) in [7, 11) is -2.51. The first-order valence-electron chi connectivity index (χ1n) is 7.99. The second-order valence-corrected chi connectivity index (χ2v) is 7.54. The molecule has 2 N–H and O–H groups in total. The molecule has 2 rings (SSSR count). The van der Waals surface area contributed by atoms with Crippen molar-refractivity contribution in [2.75, 3.05) is 26.7 Å². The fraction of sp³-hybridized carbons (Fsp3) is 0.333. The normalized spacial score (nSPS) is 11.7. The number of sulfonamides is 1. The van der Waals surface area contributed by atoms with Crippen LogP contribution in [-0.4, -0.2) is 39.5 Å². The molecule has 136 valence electrons. The number of nitrogens with zero attached hydrogens (tertiary/aromatic N) is 1. The fourth-order valence-corrected chi connectivity index (χ4v) is 4.29. The van der Waals surface area contributed by atoms with E-state index >= 15 is 0 Å². The molecule has 25 heavy (non-hydrogen) atoms. The summed E-state index contributed by atoms with van der Waals surface area (Å²) in [6.07, 6.45) is 0.553. The van der Waals surface area contributed by atoms with Gasteiger partial charge in [0.2, 0.25) is 10.0 Å². The van der Waals surface area contributed by atoms with Gasteiger partial charge in [0.1, 0.15) is 0 Å². The molecule has 0 amide bonds. The van der Waals surface area contributed by atoms with Crippen molar-refractivity contribution in [2.45, 2.75) is 18.2 Å². The van der Waals surface area contributed by atoms with Crippen LogP contribution in [0.1, 0.15) is 11.1 Å². The highest BCUT2D eigenvalue weighted by Gasteiger charge is 2.27. The van der Waals surface area contributed by atoms with Gasteiger partial charge in [0.15, 0.2) is 11.6 Å². The summed E-state index contributed by atoms with van der Waals surface area (Å²) in [6.45, 7) is 2.06. The molecule has 7 heteroatoms. The van der Waals surface area contributed by atoms with Gasteiger partial charge in [-0.2, -0.15) is 4.31 Å². The standard InChI is InChI=1S/C18H23FN2O3S/c1-14-17(9-8-16(24-2)18(14)19)25(22,23)21(13-11-20)12-10-15-6-4-3-5-7-15/h3-9H,10-13,20H2,1-2H3. The van der Waals surface area contributed by atoms with E-state index in [0.717, 1.165) is 5.56 Å². The maximum absolute atomic E-state index is 14.3. The molecule has 0 unspecified atom stereocenters. The van der Waals surface area contributed by atoms with Crippen molar-refractivity contribution in [3.8, 4) is 5.75 Å². The molecule has 0 fully saturated rings. The molecule has 0 heterocycles. The van der Waals surface area contributed by atoms with E-state index in [0.29, 0.717) is 6.42 Å². The lowest BCUT2D eigenvalue weighted by Gasteiger charge is -2.23. The van der Waals surface area contributed by atoms with Gasteiger partial charge in [0, 0.05) is 25.2 Å². The smallest absolute Gasteiger partial charge is 0.243 e. The Bertz CT molecular complexity index is 811. The zero-order valence-corrected chi connectivity index (χ0v) is 15.2. The fourth-order valence-electron chi connectivity index (χ4n) is 2.61. The van der Waals surface area contributed by atoms with Crippen LogP contribution < -0.4 is 10.5 Å². The highest BCUT2D eigenvalue weighted by atomic mass is 32.2. The number of nitrogens with two attached hydrogens (primary N) is 1. The van der Waals surface area contributed by atoms with Crippen molar-refractivity contribution in [3.05, 3.63) is 59.4 Å². The Hall–Kier alpha value is -1.96. The van der Waals surface area contributed by atoms with E-state index in [-0.39, 0.29) is 35.8 Å². The summed E-state index contributed by atoms with van der Waals surface area (Å²) in [5, 5.41) is 0. The second-order valence-electron chi connectivity index (χ2n) is 5.63. The SMILES string of the molecule is COc1ccc(S(=O)(=O)N(CCN)CCc2ccccc2)c(C)c1F. The van der Waals surface area contributed by atoms with Crippen LogP contribution in [-0.2, 0) is 16.4 Å². The average molecular weight is 366 g/mol. The molecule has 5 nitrogen and oxygen atoms in total. The number of hydrogen-bond donors (Lipinski definition) is 1. The molecule has 0 aliphatic carbocycles. The lowest BCUT2D eigenvalue weighted by atomic mass is 10.1. The Balaban J connectivity index is 2.31. The first-order valence-corrected chi connectivity index (χ1v) is 9.43. The Labute approximate surface area is 148 Å². The average Bonchev–Trinajstić information content (AvgIpc) is 2.61. The van der Waals surface area contributed by atoms with Crippen LogP contribution in [0.3, 0.4) is 0 Å². The van der Waals surface area contributed by atoms with Gasteiger partial charge < -0.3 is 10.5 Å².